The van der Waals surface area contributed by atoms with Gasteiger partial charge in [0.25, 0.3) is 0 Å². The number of nitrogens with one attached hydrogen (secondary N) is 1. The molecule has 112 valence electrons. The minimum Gasteiger partial charge on any atom is -0.478 e. The maximum absolute atomic E-state index is 11.4. The van der Waals surface area contributed by atoms with Crippen LogP contribution in [0.3, 0.4) is 0 Å². The third kappa shape index (κ3) is 6.13. The molecule has 9 heteroatoms. The quantitative estimate of drug-likeness (QED) is 0.721. The van der Waals surface area contributed by atoms with Gasteiger partial charge in [0.05, 0.1) is 5.56 Å². The summed E-state index contributed by atoms with van der Waals surface area (Å²) in [5.74, 6) is -1.07. The number of hydrogen-bond acceptors (Lipinski definition) is 5. The minimum absolute atomic E-state index is 0.000918. The van der Waals surface area contributed by atoms with E-state index in [0.29, 0.717) is 5.56 Å². The molecule has 0 aromatic heterocycles. The first-order valence-electron chi connectivity index (χ1n) is 5.56. The van der Waals surface area contributed by atoms with Gasteiger partial charge in [0.1, 0.15) is 0 Å². The van der Waals surface area contributed by atoms with Crippen LogP contribution >= 0.6 is 0 Å². The molecular weight excluding hydrogens is 306 g/mol. The van der Waals surface area contributed by atoms with Crippen LogP contribution in [0, 0.1) is 0 Å². The Morgan fingerprint density at radius 2 is 1.90 bits per heavy atom. The zero-order chi connectivity index (χ0) is 15.4. The summed E-state index contributed by atoms with van der Waals surface area (Å²) in [7, 11) is -7.51. The highest BCUT2D eigenvalue weighted by Gasteiger charge is 2.17. The van der Waals surface area contributed by atoms with Crippen molar-refractivity contribution in [2.24, 2.45) is 0 Å². The fraction of sp³-hybridized carbons (Fsp3) is 0.364. The zero-order valence-corrected chi connectivity index (χ0v) is 12.4. The maximum Gasteiger partial charge on any atom is 0.335 e. The molecule has 0 bridgehead atoms. The summed E-state index contributed by atoms with van der Waals surface area (Å²) in [5.41, 5.74) is 0.758. The molecule has 1 rings (SSSR count). The maximum atomic E-state index is 11.4. The standard InChI is InChI=1S/C11H15NO6S2/c1-19(15,16)8-20(17,18)12-6-5-9-3-2-4-10(7-9)11(13)14/h2-4,7,12H,5-6,8H2,1H3,(H,13,14). The summed E-state index contributed by atoms with van der Waals surface area (Å²) in [6.07, 6.45) is 1.10. The monoisotopic (exact) mass is 321 g/mol. The van der Waals surface area contributed by atoms with Gasteiger partial charge in [-0.2, -0.15) is 0 Å². The molecule has 7 nitrogen and oxygen atoms in total. The Labute approximate surface area is 117 Å². The van der Waals surface area contributed by atoms with Crippen molar-refractivity contribution < 1.29 is 26.7 Å². The van der Waals surface area contributed by atoms with Crippen LogP contribution < -0.4 is 4.72 Å². The van der Waals surface area contributed by atoms with Crippen molar-refractivity contribution in [3.8, 4) is 0 Å². The Bertz CT molecular complexity index is 693. The summed E-state index contributed by atoms with van der Waals surface area (Å²) in [4.78, 5) is 10.8. The highest BCUT2D eigenvalue weighted by molar-refractivity contribution is 8.06. The van der Waals surface area contributed by atoms with E-state index >= 15 is 0 Å². The van der Waals surface area contributed by atoms with Crippen LogP contribution in [-0.2, 0) is 26.3 Å². The van der Waals surface area contributed by atoms with E-state index in [1.54, 1.807) is 12.1 Å². The molecule has 1 aromatic carbocycles. The summed E-state index contributed by atoms with van der Waals surface area (Å²) in [5, 5.41) is 7.85. The third-order valence-corrected chi connectivity index (χ3v) is 5.88. The lowest BCUT2D eigenvalue weighted by Gasteiger charge is -2.06. The van der Waals surface area contributed by atoms with E-state index in [1.165, 1.54) is 12.1 Å². The highest BCUT2D eigenvalue weighted by Crippen LogP contribution is 2.06. The van der Waals surface area contributed by atoms with E-state index in [9.17, 15) is 21.6 Å². The van der Waals surface area contributed by atoms with Crippen LogP contribution in [0.2, 0.25) is 0 Å². The second-order valence-electron chi connectivity index (χ2n) is 4.31. The average molecular weight is 321 g/mol. The molecule has 0 saturated heterocycles. The Balaban J connectivity index is 2.61. The van der Waals surface area contributed by atoms with E-state index < -0.39 is 30.9 Å². The second-order valence-corrected chi connectivity index (χ2v) is 8.62. The summed E-state index contributed by atoms with van der Waals surface area (Å²) in [6.45, 7) is 0.000918. The Kier molecular flexibility index (Phi) is 5.26. The first-order chi connectivity index (χ1) is 9.09. The van der Waals surface area contributed by atoms with Crippen molar-refractivity contribution in [1.29, 1.82) is 0 Å². The lowest BCUT2D eigenvalue weighted by atomic mass is 10.1. The summed E-state index contributed by atoms with van der Waals surface area (Å²) < 4.78 is 46.8. The number of carbonyl (C=O) groups is 1. The van der Waals surface area contributed by atoms with Gasteiger partial charge in [-0.05, 0) is 24.1 Å². The normalized spacial score (nSPS) is 12.2. The molecule has 0 amide bonds. The molecule has 0 spiro atoms. The van der Waals surface area contributed by atoms with Crippen LogP contribution in [-0.4, -0.2) is 45.8 Å². The smallest absolute Gasteiger partial charge is 0.335 e. The third-order valence-electron chi connectivity index (χ3n) is 2.28. The molecule has 0 radical (unpaired) electrons. The van der Waals surface area contributed by atoms with E-state index in [4.69, 9.17) is 5.11 Å². The number of sulfonamides is 1. The molecule has 1 aromatic rings. The van der Waals surface area contributed by atoms with Gasteiger partial charge in [0.15, 0.2) is 14.9 Å². The van der Waals surface area contributed by atoms with Crippen molar-refractivity contribution in [1.82, 2.24) is 4.72 Å². The van der Waals surface area contributed by atoms with Gasteiger partial charge in [0, 0.05) is 12.8 Å². The SMILES string of the molecule is CS(=O)(=O)CS(=O)(=O)NCCc1cccc(C(=O)O)c1. The van der Waals surface area contributed by atoms with Crippen LogP contribution in [0.4, 0.5) is 0 Å². The number of hydrogen-bond donors (Lipinski definition) is 2. The fourth-order valence-corrected chi connectivity index (χ4v) is 4.54. The summed E-state index contributed by atoms with van der Waals surface area (Å²) in [6, 6.07) is 6.09. The van der Waals surface area contributed by atoms with Crippen LogP contribution in [0.25, 0.3) is 0 Å². The van der Waals surface area contributed by atoms with Crippen molar-refractivity contribution in [2.75, 3.05) is 17.9 Å². The van der Waals surface area contributed by atoms with Crippen molar-refractivity contribution in [3.63, 3.8) is 0 Å². The van der Waals surface area contributed by atoms with E-state index in [0.717, 1.165) is 6.26 Å². The number of sulfone groups is 1. The first-order valence-corrected chi connectivity index (χ1v) is 9.28. The molecule has 0 atom stereocenters. The van der Waals surface area contributed by atoms with Gasteiger partial charge >= 0.3 is 5.97 Å². The molecular formula is C11H15NO6S2. The molecule has 0 fully saturated rings. The largest absolute Gasteiger partial charge is 0.478 e. The lowest BCUT2D eigenvalue weighted by Crippen LogP contribution is -2.31. The van der Waals surface area contributed by atoms with Crippen LogP contribution in [0.1, 0.15) is 15.9 Å². The first kappa shape index (κ1) is 16.6. The Morgan fingerprint density at radius 3 is 2.45 bits per heavy atom. The second kappa shape index (κ2) is 6.33. The van der Waals surface area contributed by atoms with E-state index in [1.807, 2.05) is 0 Å². The number of carboxylic acid groups (broad SMARTS) is 1. The number of aromatic carboxylic acids is 1. The highest BCUT2D eigenvalue weighted by atomic mass is 32.3. The molecule has 20 heavy (non-hydrogen) atoms. The number of carboxylic acids is 1. The Hall–Kier alpha value is -1.45. The molecule has 0 unspecified atom stereocenters. The van der Waals surface area contributed by atoms with Gasteiger partial charge in [-0.1, -0.05) is 12.1 Å². The minimum atomic E-state index is -3.89. The summed E-state index contributed by atoms with van der Waals surface area (Å²) >= 11 is 0. The predicted octanol–water partition coefficient (Wildman–Crippen LogP) is -0.151. The van der Waals surface area contributed by atoms with Crippen molar-refractivity contribution in [2.45, 2.75) is 6.42 Å². The number of rotatable bonds is 7. The molecule has 2 N–H and O–H groups in total. The molecule has 0 aliphatic rings. The molecule has 0 heterocycles. The fourth-order valence-electron chi connectivity index (χ4n) is 1.53. The Morgan fingerprint density at radius 1 is 1.25 bits per heavy atom. The zero-order valence-electron chi connectivity index (χ0n) is 10.7. The van der Waals surface area contributed by atoms with Gasteiger partial charge in [-0.15, -0.1) is 0 Å². The topological polar surface area (TPSA) is 118 Å². The van der Waals surface area contributed by atoms with E-state index in [-0.39, 0.29) is 18.5 Å². The number of benzene rings is 1. The van der Waals surface area contributed by atoms with Gasteiger partial charge in [-0.25, -0.2) is 26.4 Å². The van der Waals surface area contributed by atoms with E-state index in [2.05, 4.69) is 4.72 Å². The predicted molar refractivity (Wildman–Crippen MR) is 73.7 cm³/mol. The van der Waals surface area contributed by atoms with Crippen LogP contribution in [0.15, 0.2) is 24.3 Å². The molecule has 0 aliphatic carbocycles. The van der Waals surface area contributed by atoms with Gasteiger partial charge in [-0.3, -0.25) is 0 Å². The van der Waals surface area contributed by atoms with Gasteiger partial charge in [0.2, 0.25) is 10.0 Å². The lowest BCUT2D eigenvalue weighted by molar-refractivity contribution is 0.0696. The van der Waals surface area contributed by atoms with Crippen molar-refractivity contribution in [3.05, 3.63) is 35.4 Å². The molecule has 0 saturated carbocycles. The average Bonchev–Trinajstić information content (AvgIpc) is 2.25. The van der Waals surface area contributed by atoms with Crippen LogP contribution in [0.5, 0.6) is 0 Å². The van der Waals surface area contributed by atoms with Crippen molar-refractivity contribution >= 4 is 25.8 Å². The molecule has 0 aliphatic heterocycles. The van der Waals surface area contributed by atoms with Gasteiger partial charge < -0.3 is 5.11 Å².